The molecule has 0 spiro atoms. The van der Waals surface area contributed by atoms with E-state index in [1.165, 1.54) is 43.2 Å². The number of nitrogens with one attached hydrogen (secondary N) is 1. The van der Waals surface area contributed by atoms with E-state index < -0.39 is 5.82 Å². The van der Waals surface area contributed by atoms with Crippen molar-refractivity contribution in [2.45, 2.75) is 71.6 Å². The average Bonchev–Trinajstić information content (AvgIpc) is 3.71. The van der Waals surface area contributed by atoms with E-state index in [9.17, 15) is 14.0 Å². The number of hydrogen-bond donors (Lipinski definition) is 1. The van der Waals surface area contributed by atoms with E-state index in [1.807, 2.05) is 13.0 Å². The van der Waals surface area contributed by atoms with Crippen LogP contribution in [0, 0.1) is 11.2 Å². The maximum absolute atomic E-state index is 14.9. The fraction of sp³-hybridized carbons (Fsp3) is 0.469. The summed E-state index contributed by atoms with van der Waals surface area (Å²) in [6.45, 7) is 4.09. The minimum absolute atomic E-state index is 0.0439. The molecule has 1 amide bonds. The number of carbonyl (C=O) groups is 2. The van der Waals surface area contributed by atoms with Crippen LogP contribution in [0.1, 0.15) is 71.6 Å². The number of ether oxygens (including phenoxy) is 3. The molecule has 0 radical (unpaired) electrons. The van der Waals surface area contributed by atoms with E-state index in [1.54, 1.807) is 38.4 Å². The summed E-state index contributed by atoms with van der Waals surface area (Å²) in [4.78, 5) is 27.7. The van der Waals surface area contributed by atoms with Crippen molar-refractivity contribution < 1.29 is 28.2 Å². The molecular weight excluding hydrogens is 543 g/mol. The van der Waals surface area contributed by atoms with Gasteiger partial charge in [-0.25, -0.2) is 4.39 Å². The molecule has 0 atom stereocenters. The van der Waals surface area contributed by atoms with Gasteiger partial charge in [-0.2, -0.15) is 0 Å². The maximum atomic E-state index is 14.9. The summed E-state index contributed by atoms with van der Waals surface area (Å²) < 4.78 is 32.5. The van der Waals surface area contributed by atoms with Gasteiger partial charge in [0, 0.05) is 47.5 Å². The molecule has 3 aromatic rings. The van der Waals surface area contributed by atoms with Crippen molar-refractivity contribution in [3.8, 4) is 23.0 Å². The standard InChI is InChI=1S/C32H39FN2O5S/c1-22(36)41-18-10-8-6-4-5-7-9-17-39-30-21-26-24(20-29(30)38-3)27(13-16-34-26)40-28-12-11-23(19-25(28)33)35-31(37)32(2)14-15-32/h11-13,16,19-21H,4-10,14-15,17-18H2,1-3H3,(H,35,37). The van der Waals surface area contributed by atoms with E-state index in [0.29, 0.717) is 40.4 Å². The molecule has 1 saturated carbocycles. The number of benzene rings is 2. The van der Waals surface area contributed by atoms with E-state index in [0.717, 1.165) is 44.3 Å². The Morgan fingerprint density at radius 1 is 0.951 bits per heavy atom. The first-order chi connectivity index (χ1) is 19.8. The van der Waals surface area contributed by atoms with Crippen LogP contribution in [-0.2, 0) is 9.59 Å². The molecule has 4 rings (SSSR count). The Morgan fingerprint density at radius 2 is 1.68 bits per heavy atom. The van der Waals surface area contributed by atoms with E-state index in [-0.39, 0.29) is 22.2 Å². The SMILES string of the molecule is COc1cc2c(Oc3ccc(NC(=O)C4(C)CC4)cc3F)ccnc2cc1OCCCCCCCCCSC(C)=O. The Hall–Kier alpha value is -3.33. The molecule has 41 heavy (non-hydrogen) atoms. The molecule has 1 aromatic heterocycles. The Bertz CT molecular complexity index is 1360. The van der Waals surface area contributed by atoms with Crippen LogP contribution in [0.15, 0.2) is 42.6 Å². The number of nitrogens with zero attached hydrogens (tertiary/aromatic N) is 1. The van der Waals surface area contributed by atoms with Gasteiger partial charge in [-0.15, -0.1) is 0 Å². The zero-order valence-electron chi connectivity index (χ0n) is 24.1. The topological polar surface area (TPSA) is 86.8 Å². The number of rotatable bonds is 16. The minimum atomic E-state index is -0.576. The fourth-order valence-corrected chi connectivity index (χ4v) is 5.09. The van der Waals surface area contributed by atoms with Gasteiger partial charge >= 0.3 is 0 Å². The lowest BCUT2D eigenvalue weighted by Gasteiger charge is -2.15. The number of aromatic nitrogens is 1. The zero-order valence-corrected chi connectivity index (χ0v) is 24.9. The Labute approximate surface area is 245 Å². The number of unbranched alkanes of at least 4 members (excludes halogenated alkanes) is 6. The Kier molecular flexibility index (Phi) is 10.9. The smallest absolute Gasteiger partial charge is 0.230 e. The number of halogens is 1. The van der Waals surface area contributed by atoms with Crippen molar-refractivity contribution in [1.29, 1.82) is 0 Å². The van der Waals surface area contributed by atoms with Gasteiger partial charge in [-0.3, -0.25) is 14.6 Å². The molecular formula is C32H39FN2O5S. The lowest BCUT2D eigenvalue weighted by molar-refractivity contribution is -0.120. The van der Waals surface area contributed by atoms with Crippen molar-refractivity contribution in [2.75, 3.05) is 24.8 Å². The number of carbonyl (C=O) groups excluding carboxylic acids is 2. The highest BCUT2D eigenvalue weighted by Crippen LogP contribution is 2.46. The molecule has 2 aromatic carbocycles. The number of fused-ring (bicyclic) bond motifs is 1. The molecule has 0 saturated heterocycles. The van der Waals surface area contributed by atoms with Crippen LogP contribution in [0.25, 0.3) is 10.9 Å². The Balaban J connectivity index is 1.30. The number of hydrogen-bond acceptors (Lipinski definition) is 7. The summed E-state index contributed by atoms with van der Waals surface area (Å²) in [5, 5.41) is 3.64. The predicted molar refractivity (Wildman–Crippen MR) is 162 cm³/mol. The summed E-state index contributed by atoms with van der Waals surface area (Å²) in [7, 11) is 1.58. The van der Waals surface area contributed by atoms with Gasteiger partial charge < -0.3 is 19.5 Å². The lowest BCUT2D eigenvalue weighted by Crippen LogP contribution is -2.21. The molecule has 0 bridgehead atoms. The minimum Gasteiger partial charge on any atom is -0.493 e. The number of anilines is 1. The normalized spacial score (nSPS) is 13.6. The van der Waals surface area contributed by atoms with Gasteiger partial charge in [0.2, 0.25) is 5.91 Å². The van der Waals surface area contributed by atoms with Crippen molar-refractivity contribution in [1.82, 2.24) is 4.98 Å². The van der Waals surface area contributed by atoms with Crippen molar-refractivity contribution >= 4 is 39.4 Å². The van der Waals surface area contributed by atoms with Crippen LogP contribution < -0.4 is 19.5 Å². The number of pyridine rings is 1. The third-order valence-corrected chi connectivity index (χ3v) is 8.20. The highest BCUT2D eigenvalue weighted by Gasteiger charge is 2.44. The molecule has 1 heterocycles. The van der Waals surface area contributed by atoms with Gasteiger partial charge in [0.15, 0.2) is 28.2 Å². The third-order valence-electron chi connectivity index (χ3n) is 7.30. The Morgan fingerprint density at radius 3 is 2.37 bits per heavy atom. The molecule has 220 valence electrons. The lowest BCUT2D eigenvalue weighted by atomic mass is 10.1. The first-order valence-electron chi connectivity index (χ1n) is 14.3. The third kappa shape index (κ3) is 8.83. The molecule has 0 unspecified atom stereocenters. The molecule has 7 nitrogen and oxygen atoms in total. The van der Waals surface area contributed by atoms with Crippen LogP contribution in [0.5, 0.6) is 23.0 Å². The summed E-state index contributed by atoms with van der Waals surface area (Å²) in [5.74, 6) is 1.87. The van der Waals surface area contributed by atoms with E-state index in [2.05, 4.69) is 10.3 Å². The maximum Gasteiger partial charge on any atom is 0.230 e. The second kappa shape index (κ2) is 14.5. The van der Waals surface area contributed by atoms with Crippen LogP contribution in [-0.4, -0.2) is 35.5 Å². The largest absolute Gasteiger partial charge is 0.493 e. The van der Waals surface area contributed by atoms with Crippen LogP contribution in [0.4, 0.5) is 10.1 Å². The second-order valence-corrected chi connectivity index (χ2v) is 12.0. The van der Waals surface area contributed by atoms with Crippen LogP contribution in [0.3, 0.4) is 0 Å². The van der Waals surface area contributed by atoms with Crippen molar-refractivity contribution in [2.24, 2.45) is 5.41 Å². The number of amides is 1. The van der Waals surface area contributed by atoms with Gasteiger partial charge in [0.1, 0.15) is 5.75 Å². The van der Waals surface area contributed by atoms with Gasteiger partial charge in [-0.1, -0.05) is 50.8 Å². The van der Waals surface area contributed by atoms with Gasteiger partial charge in [0.25, 0.3) is 0 Å². The molecule has 1 aliphatic carbocycles. The quantitative estimate of drug-likeness (QED) is 0.170. The monoisotopic (exact) mass is 582 g/mol. The summed E-state index contributed by atoms with van der Waals surface area (Å²) in [5.41, 5.74) is 0.695. The van der Waals surface area contributed by atoms with Crippen molar-refractivity contribution in [3.63, 3.8) is 0 Å². The fourth-order valence-electron chi connectivity index (χ4n) is 4.45. The highest BCUT2D eigenvalue weighted by molar-refractivity contribution is 8.13. The van der Waals surface area contributed by atoms with Gasteiger partial charge in [0.05, 0.1) is 19.2 Å². The van der Waals surface area contributed by atoms with E-state index >= 15 is 0 Å². The molecule has 9 heteroatoms. The van der Waals surface area contributed by atoms with Crippen LogP contribution >= 0.6 is 11.8 Å². The predicted octanol–water partition coefficient (Wildman–Crippen LogP) is 8.30. The second-order valence-electron chi connectivity index (χ2n) is 10.8. The summed E-state index contributed by atoms with van der Waals surface area (Å²) >= 11 is 1.41. The summed E-state index contributed by atoms with van der Waals surface area (Å²) in [6.07, 6.45) is 11.1. The first-order valence-corrected chi connectivity index (χ1v) is 15.3. The van der Waals surface area contributed by atoms with Crippen LogP contribution in [0.2, 0.25) is 0 Å². The molecule has 1 N–H and O–H groups in total. The molecule has 1 fully saturated rings. The molecule has 0 aliphatic heterocycles. The van der Waals surface area contributed by atoms with Crippen molar-refractivity contribution in [3.05, 3.63) is 48.4 Å². The number of thioether (sulfide) groups is 1. The van der Waals surface area contributed by atoms with E-state index in [4.69, 9.17) is 14.2 Å². The summed E-state index contributed by atoms with van der Waals surface area (Å²) in [6, 6.07) is 9.69. The molecule has 1 aliphatic rings. The average molecular weight is 583 g/mol. The van der Waals surface area contributed by atoms with Gasteiger partial charge in [-0.05, 0) is 49.9 Å². The zero-order chi connectivity index (χ0) is 29.2. The number of methoxy groups -OCH3 is 1. The highest BCUT2D eigenvalue weighted by atomic mass is 32.2. The first kappa shape index (κ1) is 30.6.